The van der Waals surface area contributed by atoms with Gasteiger partial charge in [-0.25, -0.2) is 27.2 Å². The van der Waals surface area contributed by atoms with Gasteiger partial charge in [-0.3, -0.25) is 4.79 Å². The predicted molar refractivity (Wildman–Crippen MR) is 294 cm³/mol. The summed E-state index contributed by atoms with van der Waals surface area (Å²) in [6.45, 7) is 15.3. The Bertz CT molecular complexity index is 3370. The van der Waals surface area contributed by atoms with E-state index in [9.17, 15) is 18.0 Å². The molecule has 0 spiro atoms. The number of aromatic nitrogens is 4. The van der Waals surface area contributed by atoms with Crippen molar-refractivity contribution >= 4 is 54.6 Å². The summed E-state index contributed by atoms with van der Waals surface area (Å²) in [6, 6.07) is 22.9. The van der Waals surface area contributed by atoms with Crippen molar-refractivity contribution in [1.82, 2.24) is 29.1 Å². The lowest BCUT2D eigenvalue weighted by Crippen LogP contribution is -2.57. The van der Waals surface area contributed by atoms with Crippen molar-refractivity contribution in [1.29, 1.82) is 0 Å². The van der Waals surface area contributed by atoms with Crippen molar-refractivity contribution in [2.24, 2.45) is 0 Å². The van der Waals surface area contributed by atoms with Crippen LogP contribution < -0.4 is 15.8 Å². The van der Waals surface area contributed by atoms with E-state index in [2.05, 4.69) is 69.5 Å². The molecule has 2 N–H and O–H groups in total. The summed E-state index contributed by atoms with van der Waals surface area (Å²) >= 11 is 0. The third kappa shape index (κ3) is 9.93. The minimum absolute atomic E-state index is 0.0431. The first-order valence-corrected chi connectivity index (χ1v) is 28.4. The summed E-state index contributed by atoms with van der Waals surface area (Å²) in [5, 5.41) is 6.50. The van der Waals surface area contributed by atoms with Gasteiger partial charge in [-0.15, -0.1) is 0 Å². The van der Waals surface area contributed by atoms with E-state index in [4.69, 9.17) is 28.9 Å². The number of rotatable bonds is 13. The molecule has 3 aliphatic heterocycles. The van der Waals surface area contributed by atoms with Crippen molar-refractivity contribution < 1.29 is 32.2 Å². The number of allylic oxidation sites excluding steroid dienone is 3. The summed E-state index contributed by atoms with van der Waals surface area (Å²) in [5.41, 5.74) is 1.84. The maximum atomic E-state index is 14.6. The molecule has 6 heterocycles. The molecule has 396 valence electrons. The maximum Gasteiger partial charge on any atom is 0.408 e. The Morgan fingerprint density at radius 1 is 0.907 bits per heavy atom. The Hall–Kier alpha value is -5.91. The van der Waals surface area contributed by atoms with Crippen LogP contribution >= 0.6 is 0 Å². The van der Waals surface area contributed by atoms with Crippen LogP contribution in [0.1, 0.15) is 117 Å². The van der Waals surface area contributed by atoms with E-state index < -0.39 is 37.8 Å². The second kappa shape index (κ2) is 19.9. The number of aromatic amines is 1. The minimum Gasteiger partial charge on any atom is -0.444 e. The lowest BCUT2D eigenvalue weighted by Gasteiger charge is -2.45. The summed E-state index contributed by atoms with van der Waals surface area (Å²) in [7, 11) is -4.09. The van der Waals surface area contributed by atoms with E-state index in [1.807, 2.05) is 64.1 Å². The van der Waals surface area contributed by atoms with Gasteiger partial charge in [0.1, 0.15) is 15.9 Å². The zero-order chi connectivity index (χ0) is 52.3. The molecule has 3 aromatic heterocycles. The first kappa shape index (κ1) is 51.2. The second-order valence-corrected chi connectivity index (χ2v) is 25.2. The molecule has 4 fully saturated rings. The van der Waals surface area contributed by atoms with Crippen LogP contribution in [0.15, 0.2) is 108 Å². The fourth-order valence-electron chi connectivity index (χ4n) is 11.7. The molecule has 15 nitrogen and oxygen atoms in total. The Labute approximate surface area is 439 Å². The number of piperidine rings is 2. The molecule has 3 unspecified atom stereocenters. The number of carbonyl (C=O) groups is 1. The summed E-state index contributed by atoms with van der Waals surface area (Å²) < 4.78 is 55.5. The first-order valence-electron chi connectivity index (χ1n) is 27.0. The molecule has 3 atom stereocenters. The molecule has 0 bridgehead atoms. The molecular weight excluding hydrogens is 967 g/mol. The number of anilines is 1. The largest absolute Gasteiger partial charge is 0.444 e. The van der Waals surface area contributed by atoms with Crippen molar-refractivity contribution in [2.75, 3.05) is 44.3 Å². The third-order valence-electron chi connectivity index (χ3n) is 16.4. The predicted octanol–water partition coefficient (Wildman–Crippen LogP) is 10.2. The minimum atomic E-state index is -4.09. The van der Waals surface area contributed by atoms with Crippen LogP contribution in [0.5, 0.6) is 0 Å². The van der Waals surface area contributed by atoms with Gasteiger partial charge in [0.05, 0.1) is 23.9 Å². The van der Waals surface area contributed by atoms with E-state index in [1.54, 1.807) is 19.2 Å². The number of nitrogens with zero attached hydrogens (tertiary/aromatic N) is 5. The monoisotopic (exact) mass is 1040 g/mol. The van der Waals surface area contributed by atoms with E-state index in [0.29, 0.717) is 46.3 Å². The first-order chi connectivity index (χ1) is 35.9. The van der Waals surface area contributed by atoms with Gasteiger partial charge in [0, 0.05) is 78.7 Å². The lowest BCUT2D eigenvalue weighted by molar-refractivity contribution is -0.197. The lowest BCUT2D eigenvalue weighted by atomic mass is 9.84. The summed E-state index contributed by atoms with van der Waals surface area (Å²) in [4.78, 5) is 45.5. The Balaban J connectivity index is 1.01. The molecule has 16 heteroatoms. The quantitative estimate of drug-likeness (QED) is 0.112. The Morgan fingerprint density at radius 3 is 2.41 bits per heavy atom. The molecule has 75 heavy (non-hydrogen) atoms. The van der Waals surface area contributed by atoms with Crippen LogP contribution in [0.25, 0.3) is 43.7 Å². The number of amides is 1. The van der Waals surface area contributed by atoms with Crippen LogP contribution in [0.2, 0.25) is 0 Å². The fraction of sp³-hybridized carbons (Fsp3) is 0.492. The maximum absolute atomic E-state index is 14.6. The number of fused-ring (bicyclic) bond motifs is 3. The molecule has 3 saturated heterocycles. The molecule has 11 rings (SSSR count). The average molecular weight is 1040 g/mol. The highest BCUT2D eigenvalue weighted by atomic mass is 32.2. The SMILES string of the molecule is CC1=CC=CCC1(C)S(=O)(=O)n1ccc2c(-c3ccc4nc(N5CCC(N6CCC(C)(NC(=O)OC(C)(C)C)CC6)CC5)nc(C(COC5CCCCO5)(OC5CC5)c5cccc6ccccc56)c4c3)c[nH]c(=O)c21. The van der Waals surface area contributed by atoms with Gasteiger partial charge >= 0.3 is 6.09 Å². The zero-order valence-corrected chi connectivity index (χ0v) is 45.0. The highest BCUT2D eigenvalue weighted by Crippen LogP contribution is 2.47. The number of nitrogens with one attached hydrogen (secondary N) is 2. The average Bonchev–Trinajstić information content (AvgIpc) is 4.10. The molecule has 0 radical (unpaired) electrons. The zero-order valence-electron chi connectivity index (χ0n) is 44.2. The van der Waals surface area contributed by atoms with Gasteiger partial charge in [0.25, 0.3) is 5.56 Å². The summed E-state index contributed by atoms with van der Waals surface area (Å²) in [6.07, 6.45) is 16.2. The van der Waals surface area contributed by atoms with Gasteiger partial charge < -0.3 is 39.0 Å². The molecule has 3 aromatic carbocycles. The second-order valence-electron chi connectivity index (χ2n) is 22.9. The van der Waals surface area contributed by atoms with Crippen molar-refractivity contribution in [3.63, 3.8) is 0 Å². The molecule has 5 aliphatic rings. The van der Waals surface area contributed by atoms with Gasteiger partial charge in [-0.1, -0.05) is 72.3 Å². The number of pyridine rings is 1. The highest BCUT2D eigenvalue weighted by Gasteiger charge is 2.47. The van der Waals surface area contributed by atoms with E-state index in [0.717, 1.165) is 115 Å². The van der Waals surface area contributed by atoms with Crippen LogP contribution in [0.3, 0.4) is 0 Å². The van der Waals surface area contributed by atoms with E-state index >= 15 is 0 Å². The molecular formula is C59H71N7O8S. The van der Waals surface area contributed by atoms with Crippen LogP contribution in [-0.4, -0.2) is 112 Å². The smallest absolute Gasteiger partial charge is 0.408 e. The molecule has 2 aliphatic carbocycles. The number of hydrogen-bond donors (Lipinski definition) is 2. The number of alkyl carbamates (subject to hydrolysis) is 1. The molecule has 6 aromatic rings. The number of ether oxygens (including phenoxy) is 4. The topological polar surface area (TPSA) is 170 Å². The summed E-state index contributed by atoms with van der Waals surface area (Å²) in [5.74, 6) is 0.610. The fourth-order valence-corrected chi connectivity index (χ4v) is 13.6. The normalized spacial score (nSPS) is 22.8. The van der Waals surface area contributed by atoms with Gasteiger partial charge in [-0.05, 0) is 140 Å². The molecule has 1 amide bonds. The standard InChI is InChI=1S/C59H71N7O8S/c1-39-14-9-11-27-58(39,6)75(69,70)66-32-26-45-47(37-60-53(67)51(45)66)41-20-23-49-46(36-41)52(59(73-43-21-22-43,38-72-50-19-10-12-35-71-50)48-18-13-16-40-15-7-8-17-44(40)48)62-54(61-49)65-30-24-42(25-31-65)64-33-28-57(5,29-34-64)63-55(68)74-56(2,3)4/h7-9,11,13-18,20,23,26,32,36-37,42-43,50H,10,12,19,21-22,24-25,27-31,33-35,38H2,1-6H3,(H,60,67)(H,63,68). The third-order valence-corrected chi connectivity index (χ3v) is 18.9. The molecule has 1 saturated carbocycles. The number of hydrogen-bond acceptors (Lipinski definition) is 12. The number of H-pyrrole nitrogens is 1. The van der Waals surface area contributed by atoms with Gasteiger partial charge in [0.2, 0.25) is 16.0 Å². The van der Waals surface area contributed by atoms with E-state index in [-0.39, 0.29) is 36.3 Å². The van der Waals surface area contributed by atoms with E-state index in [1.165, 1.54) is 6.20 Å². The van der Waals surface area contributed by atoms with Crippen molar-refractivity contribution in [3.8, 4) is 11.1 Å². The van der Waals surface area contributed by atoms with Crippen molar-refractivity contribution in [2.45, 2.75) is 146 Å². The van der Waals surface area contributed by atoms with Crippen LogP contribution in [-0.2, 0) is 34.6 Å². The van der Waals surface area contributed by atoms with Crippen molar-refractivity contribution in [3.05, 3.63) is 125 Å². The Morgan fingerprint density at radius 2 is 1.68 bits per heavy atom. The number of carbonyl (C=O) groups excluding carboxylic acids is 1. The van der Waals surface area contributed by atoms with Gasteiger partial charge in [-0.2, -0.15) is 0 Å². The number of benzene rings is 3. The number of likely N-dealkylation sites (tertiary alicyclic amines) is 1. The highest BCUT2D eigenvalue weighted by molar-refractivity contribution is 7.91. The van der Waals surface area contributed by atoms with Crippen LogP contribution in [0.4, 0.5) is 10.7 Å². The van der Waals surface area contributed by atoms with Gasteiger partial charge in [0.15, 0.2) is 11.9 Å². The van der Waals surface area contributed by atoms with Crippen LogP contribution in [0, 0.1) is 0 Å². The Kier molecular flexibility index (Phi) is 13.6.